The molecule has 0 saturated heterocycles. The van der Waals surface area contributed by atoms with Gasteiger partial charge in [0.05, 0.1) is 0 Å². The third-order valence-electron chi connectivity index (χ3n) is 6.68. The number of esters is 1. The number of ether oxygens (including phenoxy) is 2. The Kier molecular flexibility index (Phi) is 10.6. The molecule has 1 fully saturated rings. The van der Waals surface area contributed by atoms with Gasteiger partial charge >= 0.3 is 12.1 Å². The maximum atomic E-state index is 14.3. The van der Waals surface area contributed by atoms with E-state index in [1.807, 2.05) is 62.4 Å². The summed E-state index contributed by atoms with van der Waals surface area (Å²) < 4.78 is 11.1. The Morgan fingerprint density at radius 2 is 1.42 bits per heavy atom. The van der Waals surface area contributed by atoms with Crippen LogP contribution in [0.2, 0.25) is 0 Å². The number of amides is 3. The van der Waals surface area contributed by atoms with E-state index in [1.54, 1.807) is 53.4 Å². The molecule has 3 atom stereocenters. The minimum absolute atomic E-state index is 0.193. The maximum Gasteiger partial charge on any atom is 0.408 e. The molecule has 2 aromatic carbocycles. The van der Waals surface area contributed by atoms with Crippen LogP contribution in [0.5, 0.6) is 0 Å². The van der Waals surface area contributed by atoms with E-state index < -0.39 is 53.2 Å². The molecule has 0 radical (unpaired) electrons. The average molecular weight is 594 g/mol. The van der Waals surface area contributed by atoms with E-state index in [0.717, 1.165) is 29.5 Å². The molecule has 234 valence electrons. The highest BCUT2D eigenvalue weighted by atomic mass is 16.6. The molecule has 9 heteroatoms. The van der Waals surface area contributed by atoms with Crippen molar-refractivity contribution in [3.05, 3.63) is 70.8 Å². The summed E-state index contributed by atoms with van der Waals surface area (Å²) in [7, 11) is 0. The highest BCUT2D eigenvalue weighted by molar-refractivity contribution is 5.94. The summed E-state index contributed by atoms with van der Waals surface area (Å²) in [5, 5.41) is 5.56. The van der Waals surface area contributed by atoms with Crippen molar-refractivity contribution < 1.29 is 28.7 Å². The smallest absolute Gasteiger partial charge is 0.408 e. The second-order valence-corrected chi connectivity index (χ2v) is 13.5. The van der Waals surface area contributed by atoms with E-state index in [2.05, 4.69) is 10.6 Å². The summed E-state index contributed by atoms with van der Waals surface area (Å²) in [5.74, 6) is -1.47. The van der Waals surface area contributed by atoms with Gasteiger partial charge in [-0.25, -0.2) is 9.59 Å². The molecule has 1 aliphatic rings. The molecule has 2 N–H and O–H groups in total. The molecule has 0 heterocycles. The van der Waals surface area contributed by atoms with Gasteiger partial charge in [-0.1, -0.05) is 59.7 Å². The van der Waals surface area contributed by atoms with E-state index in [0.29, 0.717) is 5.56 Å². The normalized spacial score (nSPS) is 15.5. The van der Waals surface area contributed by atoms with E-state index in [-0.39, 0.29) is 12.5 Å². The molecular weight excluding hydrogens is 546 g/mol. The maximum absolute atomic E-state index is 14.3. The molecule has 3 rings (SSSR count). The standard InChI is InChI=1S/C34H47N3O6/c1-21-17-22(2)19-25(18-21)28(37(26-15-16-26)30(39)23(3)35-32(41)43-34(7,8)9)29(38)36-27(31(40)42-33(4,5)6)20-24-13-11-10-12-14-24/h10-14,17-19,23,26-28H,15-16,20H2,1-9H3,(H,35,41)(H,36,38). The van der Waals surface area contributed by atoms with Gasteiger partial charge in [0.1, 0.15) is 29.3 Å². The van der Waals surface area contributed by atoms with E-state index in [9.17, 15) is 19.2 Å². The molecule has 3 amide bonds. The fourth-order valence-corrected chi connectivity index (χ4v) is 4.91. The summed E-state index contributed by atoms with van der Waals surface area (Å²) in [6.07, 6.45) is 0.942. The first kappa shape index (κ1) is 33.6. The lowest BCUT2D eigenvalue weighted by Crippen LogP contribution is -2.55. The van der Waals surface area contributed by atoms with Gasteiger partial charge in [0, 0.05) is 12.5 Å². The van der Waals surface area contributed by atoms with Crippen LogP contribution in [0.1, 0.15) is 89.6 Å². The number of benzene rings is 2. The summed E-state index contributed by atoms with van der Waals surface area (Å²) in [6, 6.07) is 12.0. The fourth-order valence-electron chi connectivity index (χ4n) is 4.91. The Bertz CT molecular complexity index is 1290. The van der Waals surface area contributed by atoms with Crippen LogP contribution in [0.25, 0.3) is 0 Å². The van der Waals surface area contributed by atoms with Crippen molar-refractivity contribution in [2.24, 2.45) is 0 Å². The van der Waals surface area contributed by atoms with Crippen molar-refractivity contribution in [1.29, 1.82) is 0 Å². The Morgan fingerprint density at radius 1 is 0.860 bits per heavy atom. The van der Waals surface area contributed by atoms with Crippen molar-refractivity contribution in [2.45, 2.75) is 117 Å². The SMILES string of the molecule is Cc1cc(C)cc(C(C(=O)NC(Cc2ccccc2)C(=O)OC(C)(C)C)N(C(=O)C(C)NC(=O)OC(C)(C)C)C2CC2)c1. The second-order valence-electron chi connectivity index (χ2n) is 13.5. The zero-order valence-electron chi connectivity index (χ0n) is 26.9. The predicted octanol–water partition coefficient (Wildman–Crippen LogP) is 5.32. The minimum Gasteiger partial charge on any atom is -0.458 e. The van der Waals surface area contributed by atoms with Gasteiger partial charge in [0.2, 0.25) is 11.8 Å². The van der Waals surface area contributed by atoms with Crippen molar-refractivity contribution in [3.63, 3.8) is 0 Å². The molecule has 0 aliphatic heterocycles. The Hall–Kier alpha value is -3.88. The van der Waals surface area contributed by atoms with Crippen LogP contribution >= 0.6 is 0 Å². The van der Waals surface area contributed by atoms with E-state index >= 15 is 0 Å². The third-order valence-corrected chi connectivity index (χ3v) is 6.68. The molecule has 9 nitrogen and oxygen atoms in total. The van der Waals surface area contributed by atoms with Gasteiger partial charge in [-0.05, 0) is 86.3 Å². The van der Waals surface area contributed by atoms with Crippen LogP contribution < -0.4 is 10.6 Å². The lowest BCUT2D eigenvalue weighted by molar-refractivity contribution is -0.159. The fraction of sp³-hybridized carbons (Fsp3) is 0.529. The van der Waals surface area contributed by atoms with Crippen molar-refractivity contribution in [3.8, 4) is 0 Å². The summed E-state index contributed by atoms with van der Waals surface area (Å²) in [4.78, 5) is 55.8. The number of hydrogen-bond donors (Lipinski definition) is 2. The Balaban J connectivity index is 1.99. The van der Waals surface area contributed by atoms with E-state index in [4.69, 9.17) is 9.47 Å². The lowest BCUT2D eigenvalue weighted by atomic mass is 9.97. The van der Waals surface area contributed by atoms with Gasteiger partial charge in [-0.3, -0.25) is 9.59 Å². The van der Waals surface area contributed by atoms with Gasteiger partial charge in [-0.2, -0.15) is 0 Å². The average Bonchev–Trinajstić information content (AvgIpc) is 3.69. The van der Waals surface area contributed by atoms with Crippen LogP contribution in [-0.2, 0) is 30.3 Å². The predicted molar refractivity (Wildman–Crippen MR) is 165 cm³/mol. The van der Waals surface area contributed by atoms with Crippen LogP contribution in [-0.4, -0.2) is 58.1 Å². The quantitative estimate of drug-likeness (QED) is 0.361. The molecule has 0 bridgehead atoms. The van der Waals surface area contributed by atoms with Gasteiger partial charge in [0.15, 0.2) is 0 Å². The van der Waals surface area contributed by atoms with Gasteiger partial charge in [-0.15, -0.1) is 0 Å². The van der Waals surface area contributed by atoms with E-state index in [1.165, 1.54) is 0 Å². The Morgan fingerprint density at radius 3 is 1.93 bits per heavy atom. The number of rotatable bonds is 10. The highest BCUT2D eigenvalue weighted by Gasteiger charge is 2.44. The first-order valence-electron chi connectivity index (χ1n) is 14.9. The first-order valence-corrected chi connectivity index (χ1v) is 14.9. The molecular formula is C34H47N3O6. The Labute approximate surface area is 255 Å². The lowest BCUT2D eigenvalue weighted by Gasteiger charge is -2.35. The van der Waals surface area contributed by atoms with Crippen LogP contribution in [0.3, 0.4) is 0 Å². The minimum atomic E-state index is -1.04. The second kappa shape index (κ2) is 13.6. The molecule has 1 aliphatic carbocycles. The van der Waals surface area contributed by atoms with Crippen molar-refractivity contribution >= 4 is 23.9 Å². The molecule has 2 aromatic rings. The van der Waals surface area contributed by atoms with Crippen molar-refractivity contribution in [2.75, 3.05) is 0 Å². The van der Waals surface area contributed by atoms with Crippen LogP contribution in [0, 0.1) is 13.8 Å². The number of hydrogen-bond acceptors (Lipinski definition) is 6. The first-order chi connectivity index (χ1) is 19.9. The topological polar surface area (TPSA) is 114 Å². The highest BCUT2D eigenvalue weighted by Crippen LogP contribution is 2.36. The van der Waals surface area contributed by atoms with Crippen LogP contribution in [0.15, 0.2) is 48.5 Å². The third kappa shape index (κ3) is 10.4. The summed E-state index contributed by atoms with van der Waals surface area (Å²) >= 11 is 0. The van der Waals surface area contributed by atoms with Gasteiger partial charge in [0.25, 0.3) is 0 Å². The molecule has 0 aromatic heterocycles. The summed E-state index contributed by atoms with van der Waals surface area (Å²) in [5.41, 5.74) is 1.85. The molecule has 1 saturated carbocycles. The monoisotopic (exact) mass is 593 g/mol. The number of nitrogens with zero attached hydrogens (tertiary/aromatic N) is 1. The number of nitrogens with one attached hydrogen (secondary N) is 2. The number of carbonyl (C=O) groups is 4. The molecule has 3 unspecified atom stereocenters. The number of alkyl carbamates (subject to hydrolysis) is 1. The van der Waals surface area contributed by atoms with Gasteiger partial charge < -0.3 is 25.0 Å². The molecule has 43 heavy (non-hydrogen) atoms. The summed E-state index contributed by atoms with van der Waals surface area (Å²) in [6.45, 7) is 16.0. The zero-order valence-corrected chi connectivity index (χ0v) is 26.9. The number of carbonyl (C=O) groups excluding carboxylic acids is 4. The molecule has 0 spiro atoms. The van der Waals surface area contributed by atoms with Crippen molar-refractivity contribution in [1.82, 2.24) is 15.5 Å². The zero-order chi connectivity index (χ0) is 32.1. The largest absolute Gasteiger partial charge is 0.458 e. The number of aryl methyl sites for hydroxylation is 2. The van der Waals surface area contributed by atoms with Crippen LogP contribution in [0.4, 0.5) is 4.79 Å².